The van der Waals surface area contributed by atoms with Crippen molar-refractivity contribution in [1.82, 2.24) is 4.98 Å². The third kappa shape index (κ3) is 3.30. The van der Waals surface area contributed by atoms with Crippen molar-refractivity contribution in [2.45, 2.75) is 24.8 Å². The summed E-state index contributed by atoms with van der Waals surface area (Å²) in [5.41, 5.74) is 7.90. The minimum absolute atomic E-state index is 0.0139. The van der Waals surface area contributed by atoms with E-state index in [0.29, 0.717) is 21.6 Å². The van der Waals surface area contributed by atoms with Gasteiger partial charge >= 0.3 is 0 Å². The summed E-state index contributed by atoms with van der Waals surface area (Å²) < 4.78 is 5.49. The van der Waals surface area contributed by atoms with Gasteiger partial charge in [-0.2, -0.15) is 0 Å². The first-order valence-electron chi connectivity index (χ1n) is 5.67. The maximum atomic E-state index is 7.35. The van der Waals surface area contributed by atoms with Gasteiger partial charge in [0.05, 0.1) is 5.69 Å². The summed E-state index contributed by atoms with van der Waals surface area (Å²) in [6.45, 7) is 3.80. The number of halogens is 1. The van der Waals surface area contributed by atoms with E-state index in [1.807, 2.05) is 19.9 Å². The van der Waals surface area contributed by atoms with Crippen LogP contribution in [-0.4, -0.2) is 10.8 Å². The van der Waals surface area contributed by atoms with E-state index in [0.717, 1.165) is 17.0 Å². The summed E-state index contributed by atoms with van der Waals surface area (Å²) in [5, 5.41) is 8.59. The number of nitrogens with two attached hydrogens (primary N) is 1. The smallest absolute Gasteiger partial charge is 0.256 e. The Bertz CT molecular complexity index is 605. The van der Waals surface area contributed by atoms with E-state index in [1.165, 1.54) is 11.8 Å². The van der Waals surface area contributed by atoms with E-state index in [2.05, 4.69) is 4.98 Å². The molecule has 0 aliphatic rings. The van der Waals surface area contributed by atoms with Gasteiger partial charge in [-0.3, -0.25) is 5.41 Å². The zero-order valence-electron chi connectivity index (χ0n) is 10.7. The summed E-state index contributed by atoms with van der Waals surface area (Å²) in [5.74, 6) is 1.51. The Kier molecular flexibility index (Phi) is 4.17. The van der Waals surface area contributed by atoms with E-state index < -0.39 is 0 Å². The summed E-state index contributed by atoms with van der Waals surface area (Å²) >= 11 is 7.65. The van der Waals surface area contributed by atoms with Gasteiger partial charge in [-0.15, -0.1) is 0 Å². The second-order valence-electron chi connectivity index (χ2n) is 4.13. The summed E-state index contributed by atoms with van der Waals surface area (Å²) in [7, 11) is 0. The van der Waals surface area contributed by atoms with Crippen LogP contribution >= 0.6 is 23.4 Å². The number of amidine groups is 1. The molecule has 3 N–H and O–H groups in total. The van der Waals surface area contributed by atoms with Crippen molar-refractivity contribution in [3.8, 4) is 0 Å². The number of benzene rings is 1. The number of hydrogen-bond acceptors (Lipinski definition) is 4. The van der Waals surface area contributed by atoms with Gasteiger partial charge in [0.2, 0.25) is 0 Å². The molecule has 19 heavy (non-hydrogen) atoms. The average molecular weight is 296 g/mol. The second kappa shape index (κ2) is 5.67. The topological polar surface area (TPSA) is 75.9 Å². The van der Waals surface area contributed by atoms with Gasteiger partial charge in [0, 0.05) is 16.3 Å². The lowest BCUT2D eigenvalue weighted by Gasteiger charge is -2.05. The Balaban J connectivity index is 2.09. The number of hydrogen-bond donors (Lipinski definition) is 2. The molecule has 0 spiro atoms. The molecule has 1 heterocycles. The van der Waals surface area contributed by atoms with Crippen LogP contribution in [-0.2, 0) is 5.75 Å². The minimum atomic E-state index is 0.0139. The van der Waals surface area contributed by atoms with Crippen LogP contribution in [0.2, 0.25) is 5.02 Å². The maximum Gasteiger partial charge on any atom is 0.256 e. The summed E-state index contributed by atoms with van der Waals surface area (Å²) in [6.07, 6.45) is 0. The van der Waals surface area contributed by atoms with E-state index in [-0.39, 0.29) is 5.84 Å². The third-order valence-corrected chi connectivity index (χ3v) is 3.95. The highest BCUT2D eigenvalue weighted by molar-refractivity contribution is 7.98. The molecular weight excluding hydrogens is 282 g/mol. The third-order valence-electron chi connectivity index (χ3n) is 2.72. The highest BCUT2D eigenvalue weighted by atomic mass is 35.5. The number of aryl methyl sites for hydroxylation is 2. The van der Waals surface area contributed by atoms with Crippen LogP contribution in [0.1, 0.15) is 22.6 Å². The summed E-state index contributed by atoms with van der Waals surface area (Å²) in [6, 6.07) is 5.36. The molecule has 0 amide bonds. The van der Waals surface area contributed by atoms with Crippen molar-refractivity contribution in [1.29, 1.82) is 5.41 Å². The van der Waals surface area contributed by atoms with Crippen LogP contribution in [0.15, 0.2) is 27.8 Å². The van der Waals surface area contributed by atoms with Crippen molar-refractivity contribution in [2.24, 2.45) is 5.73 Å². The van der Waals surface area contributed by atoms with Crippen molar-refractivity contribution in [3.63, 3.8) is 0 Å². The van der Waals surface area contributed by atoms with E-state index in [9.17, 15) is 0 Å². The molecule has 0 unspecified atom stereocenters. The molecule has 0 fully saturated rings. The highest BCUT2D eigenvalue weighted by Gasteiger charge is 2.09. The Morgan fingerprint density at radius 1 is 1.47 bits per heavy atom. The van der Waals surface area contributed by atoms with Gasteiger partial charge in [0.15, 0.2) is 0 Å². The zero-order chi connectivity index (χ0) is 14.0. The Hall–Kier alpha value is -1.46. The van der Waals surface area contributed by atoms with Gasteiger partial charge in [0.25, 0.3) is 5.22 Å². The molecule has 100 valence electrons. The number of rotatable bonds is 4. The molecular formula is C13H14ClN3OS. The van der Waals surface area contributed by atoms with Gasteiger partial charge in [-0.1, -0.05) is 35.5 Å². The molecule has 0 aliphatic carbocycles. The van der Waals surface area contributed by atoms with Crippen LogP contribution in [0.25, 0.3) is 0 Å². The van der Waals surface area contributed by atoms with Crippen LogP contribution in [0.3, 0.4) is 0 Å². The number of oxazole rings is 1. The monoisotopic (exact) mass is 295 g/mol. The number of nitrogens with one attached hydrogen (secondary N) is 1. The van der Waals surface area contributed by atoms with Crippen LogP contribution < -0.4 is 5.73 Å². The molecule has 6 heteroatoms. The molecule has 0 radical (unpaired) electrons. The maximum absolute atomic E-state index is 7.35. The lowest BCUT2D eigenvalue weighted by molar-refractivity contribution is 0.431. The fraction of sp³-hybridized carbons (Fsp3) is 0.231. The second-order valence-corrected chi connectivity index (χ2v) is 5.46. The fourth-order valence-electron chi connectivity index (χ4n) is 1.48. The molecule has 0 aliphatic heterocycles. The standard InChI is InChI=1S/C13H14ClN3OS/c1-7-8(2)18-13(17-7)19-6-10-4-3-9(12(15)16)5-11(10)14/h3-5H,6H2,1-2H3,(H3,15,16). The molecule has 2 aromatic rings. The molecule has 0 bridgehead atoms. The first-order valence-corrected chi connectivity index (χ1v) is 7.03. The van der Waals surface area contributed by atoms with Crippen LogP contribution in [0.5, 0.6) is 0 Å². The molecule has 4 nitrogen and oxygen atoms in total. The fourth-order valence-corrected chi connectivity index (χ4v) is 2.72. The number of aromatic nitrogens is 1. The van der Waals surface area contributed by atoms with Crippen molar-refractivity contribution >= 4 is 29.2 Å². The SMILES string of the molecule is Cc1nc(SCc2ccc(C(=N)N)cc2Cl)oc1C. The van der Waals surface area contributed by atoms with Gasteiger partial charge in [0.1, 0.15) is 11.6 Å². The Morgan fingerprint density at radius 3 is 2.74 bits per heavy atom. The quantitative estimate of drug-likeness (QED) is 0.514. The minimum Gasteiger partial charge on any atom is -0.437 e. The van der Waals surface area contributed by atoms with E-state index in [1.54, 1.807) is 12.1 Å². The number of nitrogen functional groups attached to an aromatic ring is 1. The zero-order valence-corrected chi connectivity index (χ0v) is 12.2. The van der Waals surface area contributed by atoms with E-state index >= 15 is 0 Å². The lowest BCUT2D eigenvalue weighted by Crippen LogP contribution is -2.10. The van der Waals surface area contributed by atoms with Crippen LogP contribution in [0, 0.1) is 19.3 Å². The molecule has 1 aromatic carbocycles. The molecule has 1 aromatic heterocycles. The lowest BCUT2D eigenvalue weighted by atomic mass is 10.1. The van der Waals surface area contributed by atoms with Gasteiger partial charge < -0.3 is 10.2 Å². The Labute approximate surface area is 120 Å². The predicted molar refractivity (Wildman–Crippen MR) is 78.0 cm³/mol. The number of thioether (sulfide) groups is 1. The van der Waals surface area contributed by atoms with Crippen LogP contribution in [0.4, 0.5) is 0 Å². The van der Waals surface area contributed by atoms with E-state index in [4.69, 9.17) is 27.2 Å². The predicted octanol–water partition coefficient (Wildman–Crippen LogP) is 3.52. The van der Waals surface area contributed by atoms with Gasteiger partial charge in [-0.25, -0.2) is 4.98 Å². The molecule has 0 atom stereocenters. The molecule has 2 rings (SSSR count). The number of nitrogens with zero attached hydrogens (tertiary/aromatic N) is 1. The van der Waals surface area contributed by atoms with Crippen molar-refractivity contribution < 1.29 is 4.42 Å². The largest absolute Gasteiger partial charge is 0.437 e. The highest BCUT2D eigenvalue weighted by Crippen LogP contribution is 2.28. The first-order chi connectivity index (χ1) is 8.97. The van der Waals surface area contributed by atoms with Crippen molar-refractivity contribution in [2.75, 3.05) is 0 Å². The van der Waals surface area contributed by atoms with Gasteiger partial charge in [-0.05, 0) is 25.5 Å². The normalized spacial score (nSPS) is 10.7. The average Bonchev–Trinajstić information content (AvgIpc) is 2.67. The molecule has 0 saturated carbocycles. The summed E-state index contributed by atoms with van der Waals surface area (Å²) in [4.78, 5) is 4.30. The first kappa shape index (κ1) is 14.0. The Morgan fingerprint density at radius 2 is 2.21 bits per heavy atom. The van der Waals surface area contributed by atoms with Crippen molar-refractivity contribution in [3.05, 3.63) is 45.8 Å². The molecule has 0 saturated heterocycles.